The lowest BCUT2D eigenvalue weighted by atomic mass is 10.0. The minimum Gasteiger partial charge on any atom is -0.465 e. The van der Waals surface area contributed by atoms with Gasteiger partial charge in [0.15, 0.2) is 0 Å². The molecule has 0 saturated carbocycles. The van der Waals surface area contributed by atoms with Crippen LogP contribution in [0, 0.1) is 0 Å². The van der Waals surface area contributed by atoms with E-state index in [4.69, 9.17) is 4.42 Å². The van der Waals surface area contributed by atoms with Crippen molar-refractivity contribution in [2.75, 3.05) is 23.3 Å². The summed E-state index contributed by atoms with van der Waals surface area (Å²) < 4.78 is 5.40. The molecule has 3 aromatic rings. The Kier molecular flexibility index (Phi) is 5.06. The predicted octanol–water partition coefficient (Wildman–Crippen LogP) is 5.06. The topological polar surface area (TPSA) is 45.5 Å². The van der Waals surface area contributed by atoms with Crippen LogP contribution in [-0.2, 0) is 4.79 Å². The second-order valence-corrected chi connectivity index (χ2v) is 6.63. The summed E-state index contributed by atoms with van der Waals surface area (Å²) in [4.78, 5) is 15.3. The molecule has 1 aliphatic rings. The summed E-state index contributed by atoms with van der Waals surface area (Å²) in [6.07, 6.45) is 5.86. The highest BCUT2D eigenvalue weighted by atomic mass is 16.3. The highest BCUT2D eigenvalue weighted by Gasteiger charge is 2.15. The Hall–Kier alpha value is -3.27. The second-order valence-electron chi connectivity index (χ2n) is 6.63. The molecule has 1 saturated heterocycles. The lowest BCUT2D eigenvalue weighted by Gasteiger charge is -2.18. The molecule has 0 unspecified atom stereocenters. The van der Waals surface area contributed by atoms with Crippen LogP contribution < -0.4 is 10.2 Å². The number of anilines is 2. The van der Waals surface area contributed by atoms with E-state index in [2.05, 4.69) is 22.3 Å². The van der Waals surface area contributed by atoms with Crippen molar-refractivity contribution in [3.05, 3.63) is 84.3 Å². The molecule has 27 heavy (non-hydrogen) atoms. The standard InChI is InChI=1S/C23H22N2O2/c26-23(24-19-10-12-20(13-11-19)25-14-4-5-15-25)22(17-21-9-6-16-27-21)18-7-2-1-3-8-18/h1-3,6-13,16-17H,4-5,14-15H2,(H,24,26)/b22-17+. The Balaban J connectivity index is 1.55. The molecule has 0 atom stereocenters. The van der Waals surface area contributed by atoms with Crippen molar-refractivity contribution >= 4 is 28.9 Å². The van der Waals surface area contributed by atoms with E-state index in [1.54, 1.807) is 12.3 Å². The van der Waals surface area contributed by atoms with Crippen LogP contribution in [0.3, 0.4) is 0 Å². The van der Waals surface area contributed by atoms with E-state index >= 15 is 0 Å². The molecule has 4 rings (SSSR count). The van der Waals surface area contributed by atoms with Crippen molar-refractivity contribution in [2.24, 2.45) is 0 Å². The van der Waals surface area contributed by atoms with Crippen LogP contribution in [0.25, 0.3) is 11.6 Å². The van der Waals surface area contributed by atoms with Gasteiger partial charge in [0, 0.05) is 24.5 Å². The normalized spacial score (nSPS) is 14.4. The molecular weight excluding hydrogens is 336 g/mol. The number of benzene rings is 2. The quantitative estimate of drug-likeness (QED) is 0.649. The van der Waals surface area contributed by atoms with Gasteiger partial charge in [0.25, 0.3) is 5.91 Å². The first-order valence-corrected chi connectivity index (χ1v) is 9.26. The van der Waals surface area contributed by atoms with Gasteiger partial charge < -0.3 is 14.6 Å². The maximum absolute atomic E-state index is 12.9. The lowest BCUT2D eigenvalue weighted by Crippen LogP contribution is -2.17. The molecule has 0 aliphatic carbocycles. The van der Waals surface area contributed by atoms with E-state index < -0.39 is 0 Å². The molecule has 1 aromatic heterocycles. The number of rotatable bonds is 5. The van der Waals surface area contributed by atoms with Crippen molar-refractivity contribution < 1.29 is 9.21 Å². The zero-order chi connectivity index (χ0) is 18.5. The molecule has 1 aliphatic heterocycles. The Labute approximate surface area is 159 Å². The molecule has 2 aromatic carbocycles. The molecule has 1 N–H and O–H groups in total. The van der Waals surface area contributed by atoms with Crippen LogP contribution in [0.2, 0.25) is 0 Å². The number of nitrogens with one attached hydrogen (secondary N) is 1. The maximum atomic E-state index is 12.9. The predicted molar refractivity (Wildman–Crippen MR) is 110 cm³/mol. The van der Waals surface area contributed by atoms with Gasteiger partial charge in [0.05, 0.1) is 11.8 Å². The largest absolute Gasteiger partial charge is 0.465 e. The van der Waals surface area contributed by atoms with Crippen molar-refractivity contribution in [2.45, 2.75) is 12.8 Å². The van der Waals surface area contributed by atoms with Crippen LogP contribution in [0.5, 0.6) is 0 Å². The third kappa shape index (κ3) is 4.11. The number of carbonyl (C=O) groups excluding carboxylic acids is 1. The molecule has 0 bridgehead atoms. The molecule has 1 amide bonds. The molecule has 0 spiro atoms. The SMILES string of the molecule is O=C(Nc1ccc(N2CCCC2)cc1)/C(=C/c1ccco1)c1ccccc1. The van der Waals surface area contributed by atoms with Gasteiger partial charge in [-0.2, -0.15) is 0 Å². The van der Waals surface area contributed by atoms with E-state index in [-0.39, 0.29) is 5.91 Å². The Morgan fingerprint density at radius 1 is 0.926 bits per heavy atom. The summed E-state index contributed by atoms with van der Waals surface area (Å²) in [7, 11) is 0. The molecular formula is C23H22N2O2. The van der Waals surface area contributed by atoms with Gasteiger partial charge in [-0.05, 0) is 60.9 Å². The number of hydrogen-bond acceptors (Lipinski definition) is 3. The van der Waals surface area contributed by atoms with Gasteiger partial charge in [-0.3, -0.25) is 4.79 Å². The van der Waals surface area contributed by atoms with E-state index in [0.29, 0.717) is 11.3 Å². The first kappa shape index (κ1) is 17.2. The average Bonchev–Trinajstić information content (AvgIpc) is 3.41. The molecule has 4 nitrogen and oxygen atoms in total. The van der Waals surface area contributed by atoms with Gasteiger partial charge in [-0.1, -0.05) is 30.3 Å². The summed E-state index contributed by atoms with van der Waals surface area (Å²) in [5.74, 6) is 0.486. The van der Waals surface area contributed by atoms with Gasteiger partial charge >= 0.3 is 0 Å². The average molecular weight is 358 g/mol. The minimum absolute atomic E-state index is 0.161. The van der Waals surface area contributed by atoms with Crippen molar-refractivity contribution in [1.82, 2.24) is 0 Å². The van der Waals surface area contributed by atoms with E-state index in [9.17, 15) is 4.79 Å². The fourth-order valence-corrected chi connectivity index (χ4v) is 3.34. The first-order valence-electron chi connectivity index (χ1n) is 9.26. The van der Waals surface area contributed by atoms with Gasteiger partial charge in [-0.25, -0.2) is 0 Å². The third-order valence-corrected chi connectivity index (χ3v) is 4.76. The summed E-state index contributed by atoms with van der Waals surface area (Å²) in [6.45, 7) is 2.21. The van der Waals surface area contributed by atoms with Crippen LogP contribution in [0.4, 0.5) is 11.4 Å². The summed E-state index contributed by atoms with van der Waals surface area (Å²) in [5, 5.41) is 3.00. The summed E-state index contributed by atoms with van der Waals surface area (Å²) >= 11 is 0. The van der Waals surface area contributed by atoms with E-state index in [1.165, 1.54) is 18.5 Å². The van der Waals surface area contributed by atoms with Crippen LogP contribution >= 0.6 is 0 Å². The number of carbonyl (C=O) groups is 1. The number of hydrogen-bond donors (Lipinski definition) is 1. The first-order chi connectivity index (χ1) is 13.3. The lowest BCUT2D eigenvalue weighted by molar-refractivity contribution is -0.111. The monoisotopic (exact) mass is 358 g/mol. The van der Waals surface area contributed by atoms with Gasteiger partial charge in [0.2, 0.25) is 0 Å². The van der Waals surface area contributed by atoms with E-state index in [1.807, 2.05) is 54.6 Å². The van der Waals surface area contributed by atoms with Crippen molar-refractivity contribution in [1.29, 1.82) is 0 Å². The Bertz CT molecular complexity index is 907. The smallest absolute Gasteiger partial charge is 0.256 e. The molecule has 1 fully saturated rings. The zero-order valence-electron chi connectivity index (χ0n) is 15.1. The van der Waals surface area contributed by atoms with Crippen LogP contribution in [0.15, 0.2) is 77.4 Å². The van der Waals surface area contributed by atoms with Crippen LogP contribution in [0.1, 0.15) is 24.2 Å². The minimum atomic E-state index is -0.161. The summed E-state index contributed by atoms with van der Waals surface area (Å²) in [5.41, 5.74) is 3.40. The van der Waals surface area contributed by atoms with Gasteiger partial charge in [0.1, 0.15) is 5.76 Å². The fraction of sp³-hybridized carbons (Fsp3) is 0.174. The number of furan rings is 1. The highest BCUT2D eigenvalue weighted by Crippen LogP contribution is 2.24. The third-order valence-electron chi connectivity index (χ3n) is 4.76. The maximum Gasteiger partial charge on any atom is 0.256 e. The molecule has 0 radical (unpaired) electrons. The fourth-order valence-electron chi connectivity index (χ4n) is 3.34. The summed E-state index contributed by atoms with van der Waals surface area (Å²) in [6, 6.07) is 21.3. The number of nitrogens with zero attached hydrogens (tertiary/aromatic N) is 1. The molecule has 136 valence electrons. The van der Waals surface area contributed by atoms with Crippen molar-refractivity contribution in [3.63, 3.8) is 0 Å². The van der Waals surface area contributed by atoms with Crippen LogP contribution in [-0.4, -0.2) is 19.0 Å². The zero-order valence-corrected chi connectivity index (χ0v) is 15.1. The second kappa shape index (κ2) is 7.96. The number of amides is 1. The molecule has 4 heteroatoms. The molecule has 2 heterocycles. The van der Waals surface area contributed by atoms with Crippen molar-refractivity contribution in [3.8, 4) is 0 Å². The Morgan fingerprint density at radius 2 is 1.67 bits per heavy atom. The van der Waals surface area contributed by atoms with E-state index in [0.717, 1.165) is 24.3 Å². The van der Waals surface area contributed by atoms with Gasteiger partial charge in [-0.15, -0.1) is 0 Å². The Morgan fingerprint density at radius 3 is 2.33 bits per heavy atom. The highest BCUT2D eigenvalue weighted by molar-refractivity contribution is 6.29.